The molecule has 0 aliphatic heterocycles. The fraction of sp³-hybridized carbons (Fsp3) is 0.133. The number of fused-ring (bicyclic) bond motifs is 3. The Hall–Kier alpha value is -1.31. The minimum Gasteiger partial charge on any atom is -0.289 e. The van der Waals surface area contributed by atoms with Crippen LogP contribution in [0.25, 0.3) is 11.1 Å². The van der Waals surface area contributed by atoms with Gasteiger partial charge in [0.05, 0.1) is 10.0 Å². The third-order valence-corrected chi connectivity index (χ3v) is 4.15. The smallest absolute Gasteiger partial charge is 0.194 e. The summed E-state index contributed by atoms with van der Waals surface area (Å²) in [5, 5.41) is 0.946. The summed E-state index contributed by atoms with van der Waals surface area (Å²) in [7, 11) is 0. The summed E-state index contributed by atoms with van der Waals surface area (Å²) < 4.78 is 0. The summed E-state index contributed by atoms with van der Waals surface area (Å²) >= 11 is 12.2. The molecule has 0 N–H and O–H groups in total. The maximum absolute atomic E-state index is 12.3. The molecule has 1 nitrogen and oxygen atoms in total. The quantitative estimate of drug-likeness (QED) is 0.626. The average molecular weight is 277 g/mol. The fourth-order valence-corrected chi connectivity index (χ4v) is 2.79. The van der Waals surface area contributed by atoms with Crippen LogP contribution in [-0.4, -0.2) is 5.78 Å². The predicted molar refractivity (Wildman–Crippen MR) is 74.7 cm³/mol. The van der Waals surface area contributed by atoms with Gasteiger partial charge in [0.25, 0.3) is 0 Å². The number of hydrogen-bond acceptors (Lipinski definition) is 1. The highest BCUT2D eigenvalue weighted by Crippen LogP contribution is 2.44. The van der Waals surface area contributed by atoms with Gasteiger partial charge in [0.1, 0.15) is 0 Å². The second-order valence-corrected chi connectivity index (χ2v) is 5.13. The molecule has 0 saturated carbocycles. The van der Waals surface area contributed by atoms with Crippen molar-refractivity contribution in [2.24, 2.45) is 0 Å². The molecule has 0 atom stereocenters. The number of aryl methyl sites for hydroxylation is 1. The van der Waals surface area contributed by atoms with E-state index in [1.165, 1.54) is 0 Å². The first-order valence-corrected chi connectivity index (χ1v) is 6.55. The molecule has 0 heterocycles. The monoisotopic (exact) mass is 276 g/mol. The molecule has 0 unspecified atom stereocenters. The fourth-order valence-electron chi connectivity index (χ4n) is 2.37. The van der Waals surface area contributed by atoms with Gasteiger partial charge in [0.15, 0.2) is 5.78 Å². The van der Waals surface area contributed by atoms with Crippen LogP contribution in [0.4, 0.5) is 0 Å². The topological polar surface area (TPSA) is 17.1 Å². The Morgan fingerprint density at radius 2 is 1.72 bits per heavy atom. The highest BCUT2D eigenvalue weighted by Gasteiger charge is 2.29. The van der Waals surface area contributed by atoms with E-state index in [1.54, 1.807) is 12.1 Å². The summed E-state index contributed by atoms with van der Waals surface area (Å²) in [6, 6.07) is 9.35. The van der Waals surface area contributed by atoms with Crippen LogP contribution in [0.15, 0.2) is 30.3 Å². The highest BCUT2D eigenvalue weighted by molar-refractivity contribution is 6.45. The first kappa shape index (κ1) is 11.8. The zero-order chi connectivity index (χ0) is 12.9. The number of carbonyl (C=O) groups excluding carboxylic acids is 1. The van der Waals surface area contributed by atoms with Gasteiger partial charge < -0.3 is 0 Å². The normalized spacial score (nSPS) is 12.5. The van der Waals surface area contributed by atoms with Crippen molar-refractivity contribution in [2.75, 3.05) is 0 Å². The third-order valence-electron chi connectivity index (χ3n) is 3.35. The summed E-state index contributed by atoms with van der Waals surface area (Å²) in [6.07, 6.45) is 0.908. The lowest BCUT2D eigenvalue weighted by Crippen LogP contribution is -1.95. The molecule has 0 saturated heterocycles. The summed E-state index contributed by atoms with van der Waals surface area (Å²) in [5.74, 6) is 0.0360. The molecule has 0 spiro atoms. The van der Waals surface area contributed by atoms with E-state index in [9.17, 15) is 4.79 Å². The largest absolute Gasteiger partial charge is 0.289 e. The van der Waals surface area contributed by atoms with Crippen molar-refractivity contribution in [3.05, 3.63) is 57.1 Å². The zero-order valence-electron chi connectivity index (χ0n) is 9.76. The molecular formula is C15H10Cl2O. The number of ketones is 1. The average Bonchev–Trinajstić information content (AvgIpc) is 2.67. The second kappa shape index (κ2) is 4.11. The van der Waals surface area contributed by atoms with Crippen LogP contribution in [0.2, 0.25) is 10.0 Å². The molecule has 90 valence electrons. The van der Waals surface area contributed by atoms with E-state index in [-0.39, 0.29) is 5.78 Å². The van der Waals surface area contributed by atoms with Gasteiger partial charge in [-0.05, 0) is 35.7 Å². The van der Waals surface area contributed by atoms with Gasteiger partial charge in [-0.1, -0.05) is 42.3 Å². The Morgan fingerprint density at radius 3 is 2.44 bits per heavy atom. The molecule has 0 bridgehead atoms. The summed E-state index contributed by atoms with van der Waals surface area (Å²) in [5.41, 5.74) is 4.19. The lowest BCUT2D eigenvalue weighted by atomic mass is 10.0. The van der Waals surface area contributed by atoms with E-state index in [1.807, 2.05) is 18.2 Å². The van der Waals surface area contributed by atoms with E-state index in [0.717, 1.165) is 28.7 Å². The molecule has 1 aliphatic carbocycles. The Bertz CT molecular complexity index is 674. The molecular weight excluding hydrogens is 267 g/mol. The lowest BCUT2D eigenvalue weighted by Gasteiger charge is -2.05. The Kier molecular flexibility index (Phi) is 2.69. The number of rotatable bonds is 1. The Labute approximate surface area is 115 Å². The van der Waals surface area contributed by atoms with Gasteiger partial charge in [0, 0.05) is 16.7 Å². The molecule has 3 heteroatoms. The van der Waals surface area contributed by atoms with Crippen LogP contribution >= 0.6 is 23.2 Å². The van der Waals surface area contributed by atoms with Crippen LogP contribution in [0.3, 0.4) is 0 Å². The van der Waals surface area contributed by atoms with Crippen molar-refractivity contribution in [2.45, 2.75) is 13.3 Å². The highest BCUT2D eigenvalue weighted by atomic mass is 35.5. The van der Waals surface area contributed by atoms with Gasteiger partial charge in [-0.2, -0.15) is 0 Å². The minimum absolute atomic E-state index is 0.0360. The van der Waals surface area contributed by atoms with E-state index in [2.05, 4.69) is 6.92 Å². The van der Waals surface area contributed by atoms with Gasteiger partial charge >= 0.3 is 0 Å². The molecule has 1 aliphatic rings. The number of hydrogen-bond donors (Lipinski definition) is 0. The molecule has 0 amide bonds. The second-order valence-electron chi connectivity index (χ2n) is 4.35. The van der Waals surface area contributed by atoms with Crippen molar-refractivity contribution in [1.29, 1.82) is 0 Å². The zero-order valence-corrected chi connectivity index (χ0v) is 11.3. The summed E-state index contributed by atoms with van der Waals surface area (Å²) in [6.45, 7) is 2.07. The van der Waals surface area contributed by atoms with E-state index < -0.39 is 0 Å². The van der Waals surface area contributed by atoms with E-state index >= 15 is 0 Å². The van der Waals surface area contributed by atoms with Crippen molar-refractivity contribution < 1.29 is 4.79 Å². The minimum atomic E-state index is 0.0360. The Morgan fingerprint density at radius 1 is 1.00 bits per heavy atom. The van der Waals surface area contributed by atoms with Crippen LogP contribution in [-0.2, 0) is 6.42 Å². The Balaban J connectivity index is 2.33. The SMILES string of the molecule is CCc1ccc2c(c1)C(=O)c1ccc(Cl)c(Cl)c1-2. The van der Waals surface area contributed by atoms with Gasteiger partial charge in [0.2, 0.25) is 0 Å². The van der Waals surface area contributed by atoms with Crippen LogP contribution in [0.5, 0.6) is 0 Å². The lowest BCUT2D eigenvalue weighted by molar-refractivity contribution is 0.104. The van der Waals surface area contributed by atoms with Crippen LogP contribution in [0.1, 0.15) is 28.4 Å². The first-order chi connectivity index (χ1) is 8.63. The predicted octanol–water partition coefficient (Wildman–Crippen LogP) is 4.77. The molecule has 18 heavy (non-hydrogen) atoms. The molecule has 0 fully saturated rings. The van der Waals surface area contributed by atoms with Crippen molar-refractivity contribution >= 4 is 29.0 Å². The van der Waals surface area contributed by atoms with Crippen molar-refractivity contribution in [3.8, 4) is 11.1 Å². The van der Waals surface area contributed by atoms with E-state index in [0.29, 0.717) is 15.6 Å². The first-order valence-electron chi connectivity index (χ1n) is 5.79. The number of halogens is 2. The maximum Gasteiger partial charge on any atom is 0.194 e. The molecule has 2 aromatic rings. The van der Waals surface area contributed by atoms with Gasteiger partial charge in [-0.3, -0.25) is 4.79 Å². The van der Waals surface area contributed by atoms with Crippen molar-refractivity contribution in [3.63, 3.8) is 0 Å². The molecule has 0 aromatic heterocycles. The van der Waals surface area contributed by atoms with E-state index in [4.69, 9.17) is 23.2 Å². The molecule has 2 aromatic carbocycles. The van der Waals surface area contributed by atoms with Crippen LogP contribution in [0, 0.1) is 0 Å². The van der Waals surface area contributed by atoms with Gasteiger partial charge in [-0.15, -0.1) is 0 Å². The third kappa shape index (κ3) is 1.51. The van der Waals surface area contributed by atoms with Crippen molar-refractivity contribution in [1.82, 2.24) is 0 Å². The van der Waals surface area contributed by atoms with Crippen LogP contribution < -0.4 is 0 Å². The standard InChI is InChI=1S/C15H10Cl2O/c1-2-8-3-4-9-11(7-8)15(18)10-5-6-12(16)14(17)13(9)10/h3-7H,2H2,1H3. The maximum atomic E-state index is 12.3. The summed E-state index contributed by atoms with van der Waals surface area (Å²) in [4.78, 5) is 12.3. The number of benzene rings is 2. The molecule has 0 radical (unpaired) electrons. The van der Waals surface area contributed by atoms with Gasteiger partial charge in [-0.25, -0.2) is 0 Å². The molecule has 3 rings (SSSR count). The number of carbonyl (C=O) groups is 1.